The summed E-state index contributed by atoms with van der Waals surface area (Å²) in [5.41, 5.74) is 1.37. The predicted molar refractivity (Wildman–Crippen MR) is 128 cm³/mol. The molecule has 2 amide bonds. The third-order valence-electron chi connectivity index (χ3n) is 6.42. The molecule has 1 fully saturated rings. The summed E-state index contributed by atoms with van der Waals surface area (Å²) in [7, 11) is 0. The number of hydrogen-bond acceptors (Lipinski definition) is 4. The molecule has 33 heavy (non-hydrogen) atoms. The number of hydrogen-bond donors (Lipinski definition) is 1. The molecule has 0 radical (unpaired) electrons. The van der Waals surface area contributed by atoms with Crippen molar-refractivity contribution >= 4 is 35.0 Å². The van der Waals surface area contributed by atoms with Gasteiger partial charge in [0.15, 0.2) is 11.5 Å². The predicted octanol–water partition coefficient (Wildman–Crippen LogP) is 5.07. The number of alkyl halides is 1. The second-order valence-electron chi connectivity index (χ2n) is 8.64. The molecule has 1 saturated carbocycles. The number of nitrogens with one attached hydrogen (secondary N) is 1. The summed E-state index contributed by atoms with van der Waals surface area (Å²) in [5, 5.41) is 3.63. The lowest BCUT2D eigenvalue weighted by Crippen LogP contribution is -2.49. The number of ether oxygens (including phenoxy) is 2. The molecule has 8 heteroatoms. The molecule has 1 aliphatic carbocycles. The summed E-state index contributed by atoms with van der Waals surface area (Å²) in [6.45, 7) is 2.49. The summed E-state index contributed by atoms with van der Waals surface area (Å²) in [4.78, 5) is 28.2. The van der Waals surface area contributed by atoms with Gasteiger partial charge >= 0.3 is 0 Å². The van der Waals surface area contributed by atoms with Crippen LogP contribution in [0.25, 0.3) is 0 Å². The van der Waals surface area contributed by atoms with E-state index < -0.39 is 6.04 Å². The first kappa shape index (κ1) is 23.7. The fraction of sp³-hybridized carbons (Fsp3) is 0.440. The average molecular weight is 491 g/mol. The Morgan fingerprint density at radius 3 is 2.64 bits per heavy atom. The van der Waals surface area contributed by atoms with Crippen LogP contribution in [0, 0.1) is 5.92 Å². The molecule has 1 aliphatic heterocycles. The van der Waals surface area contributed by atoms with Gasteiger partial charge in [-0.1, -0.05) is 55.6 Å². The Morgan fingerprint density at radius 1 is 1.12 bits per heavy atom. The van der Waals surface area contributed by atoms with Gasteiger partial charge in [0.25, 0.3) is 0 Å². The Labute approximate surface area is 204 Å². The van der Waals surface area contributed by atoms with Crippen LogP contribution in [0.5, 0.6) is 11.5 Å². The first-order chi connectivity index (χ1) is 16.0. The molecule has 2 aromatic carbocycles. The van der Waals surface area contributed by atoms with E-state index in [2.05, 4.69) is 12.2 Å². The van der Waals surface area contributed by atoms with Crippen LogP contribution in [0.4, 0.5) is 0 Å². The molecule has 0 bridgehead atoms. The van der Waals surface area contributed by atoms with Crippen LogP contribution in [0.1, 0.15) is 49.8 Å². The van der Waals surface area contributed by atoms with Gasteiger partial charge in [0.05, 0.1) is 0 Å². The molecule has 1 heterocycles. The lowest BCUT2D eigenvalue weighted by Gasteiger charge is -2.35. The van der Waals surface area contributed by atoms with E-state index in [-0.39, 0.29) is 37.1 Å². The Balaban J connectivity index is 1.68. The number of fused-ring (bicyclic) bond motifs is 1. The van der Waals surface area contributed by atoms with E-state index in [0.717, 1.165) is 24.8 Å². The zero-order valence-corrected chi connectivity index (χ0v) is 20.1. The Kier molecular flexibility index (Phi) is 7.66. The quantitative estimate of drug-likeness (QED) is 0.549. The largest absolute Gasteiger partial charge is 0.454 e. The van der Waals surface area contributed by atoms with Crippen LogP contribution in [-0.2, 0) is 16.1 Å². The molecule has 2 aliphatic rings. The van der Waals surface area contributed by atoms with Gasteiger partial charge in [-0.15, -0.1) is 11.6 Å². The fourth-order valence-corrected chi connectivity index (χ4v) is 4.97. The topological polar surface area (TPSA) is 67.9 Å². The number of carbonyl (C=O) groups is 2. The Hall–Kier alpha value is -2.44. The van der Waals surface area contributed by atoms with Gasteiger partial charge in [0.1, 0.15) is 11.9 Å². The van der Waals surface area contributed by atoms with Gasteiger partial charge in [-0.05, 0) is 42.5 Å². The van der Waals surface area contributed by atoms with Crippen molar-refractivity contribution < 1.29 is 19.1 Å². The van der Waals surface area contributed by atoms with Gasteiger partial charge in [0.2, 0.25) is 18.6 Å². The Morgan fingerprint density at radius 2 is 1.88 bits per heavy atom. The molecule has 2 aromatic rings. The van der Waals surface area contributed by atoms with Crippen molar-refractivity contribution in [2.45, 2.75) is 51.2 Å². The van der Waals surface area contributed by atoms with E-state index in [1.165, 1.54) is 11.3 Å². The highest BCUT2D eigenvalue weighted by Gasteiger charge is 2.35. The minimum atomic E-state index is -0.913. The van der Waals surface area contributed by atoms with Crippen LogP contribution < -0.4 is 14.8 Å². The van der Waals surface area contributed by atoms with E-state index in [1.807, 2.05) is 18.2 Å². The molecule has 0 saturated heterocycles. The minimum Gasteiger partial charge on any atom is -0.454 e. The van der Waals surface area contributed by atoms with Crippen LogP contribution in [-0.4, -0.2) is 35.4 Å². The SMILES string of the molecule is CC1CCCCC1NC(=O)C(c1ccccc1Cl)N(Cc1ccc2c(c1)OCO2)C(=O)CCl. The standard InChI is InChI=1S/C25H28Cl2N2O4/c1-16-6-2-5-9-20(16)28-25(31)24(18-7-3-4-8-19(18)27)29(23(30)13-26)14-17-10-11-21-22(12-17)33-15-32-21/h3-4,7-8,10-12,16,20,24H,2,5-6,9,13-15H2,1H3,(H,28,31). The Bertz CT molecular complexity index is 1020. The fourth-order valence-electron chi connectivity index (χ4n) is 4.58. The monoisotopic (exact) mass is 490 g/mol. The maximum absolute atomic E-state index is 13.7. The molecule has 0 aromatic heterocycles. The number of halogens is 2. The zero-order valence-electron chi connectivity index (χ0n) is 18.6. The molecular weight excluding hydrogens is 463 g/mol. The second-order valence-corrected chi connectivity index (χ2v) is 9.32. The molecule has 6 nitrogen and oxygen atoms in total. The van der Waals surface area contributed by atoms with E-state index >= 15 is 0 Å². The van der Waals surface area contributed by atoms with E-state index in [1.54, 1.807) is 24.3 Å². The molecule has 1 N–H and O–H groups in total. The van der Waals surface area contributed by atoms with Crippen molar-refractivity contribution in [3.63, 3.8) is 0 Å². The van der Waals surface area contributed by atoms with Gasteiger partial charge < -0.3 is 19.7 Å². The number of benzene rings is 2. The van der Waals surface area contributed by atoms with E-state index in [4.69, 9.17) is 32.7 Å². The first-order valence-electron chi connectivity index (χ1n) is 11.3. The number of rotatable bonds is 7. The summed E-state index contributed by atoms with van der Waals surface area (Å²) in [5.74, 6) is 0.785. The van der Waals surface area contributed by atoms with Crippen LogP contribution >= 0.6 is 23.2 Å². The number of amides is 2. The maximum atomic E-state index is 13.7. The molecule has 0 spiro atoms. The summed E-state index contributed by atoms with van der Waals surface area (Å²) in [6, 6.07) is 11.8. The second kappa shape index (κ2) is 10.7. The van der Waals surface area contributed by atoms with Crippen molar-refractivity contribution in [3.8, 4) is 11.5 Å². The van der Waals surface area contributed by atoms with Gasteiger partial charge in [-0.3, -0.25) is 9.59 Å². The highest BCUT2D eigenvalue weighted by molar-refractivity contribution is 6.31. The lowest BCUT2D eigenvalue weighted by atomic mass is 9.85. The van der Waals surface area contributed by atoms with Gasteiger partial charge in [-0.25, -0.2) is 0 Å². The normalized spacial score (nSPS) is 20.2. The van der Waals surface area contributed by atoms with Gasteiger partial charge in [0, 0.05) is 23.2 Å². The average Bonchev–Trinajstić information content (AvgIpc) is 3.29. The minimum absolute atomic E-state index is 0.0646. The maximum Gasteiger partial charge on any atom is 0.247 e. The third kappa shape index (κ3) is 5.39. The molecule has 176 valence electrons. The molecule has 3 atom stereocenters. The van der Waals surface area contributed by atoms with E-state index in [0.29, 0.717) is 28.0 Å². The van der Waals surface area contributed by atoms with Crippen molar-refractivity contribution in [2.24, 2.45) is 5.92 Å². The third-order valence-corrected chi connectivity index (χ3v) is 7.00. The van der Waals surface area contributed by atoms with Crippen molar-refractivity contribution in [1.29, 1.82) is 0 Å². The van der Waals surface area contributed by atoms with Crippen molar-refractivity contribution in [1.82, 2.24) is 10.2 Å². The van der Waals surface area contributed by atoms with Gasteiger partial charge in [-0.2, -0.15) is 0 Å². The molecule has 3 unspecified atom stereocenters. The van der Waals surface area contributed by atoms with E-state index in [9.17, 15) is 9.59 Å². The number of carbonyl (C=O) groups excluding carboxylic acids is 2. The highest BCUT2D eigenvalue weighted by Crippen LogP contribution is 2.35. The molecule has 4 rings (SSSR count). The lowest BCUT2D eigenvalue weighted by molar-refractivity contribution is -0.140. The molecular formula is C25H28Cl2N2O4. The smallest absolute Gasteiger partial charge is 0.247 e. The van der Waals surface area contributed by atoms with Crippen LogP contribution in [0.2, 0.25) is 5.02 Å². The van der Waals surface area contributed by atoms with Crippen LogP contribution in [0.3, 0.4) is 0 Å². The number of nitrogens with zero attached hydrogens (tertiary/aromatic N) is 1. The summed E-state index contributed by atoms with van der Waals surface area (Å²) >= 11 is 12.5. The van der Waals surface area contributed by atoms with Crippen molar-refractivity contribution in [2.75, 3.05) is 12.7 Å². The zero-order chi connectivity index (χ0) is 23.4. The highest BCUT2D eigenvalue weighted by atomic mass is 35.5. The van der Waals surface area contributed by atoms with Crippen molar-refractivity contribution in [3.05, 3.63) is 58.6 Å². The first-order valence-corrected chi connectivity index (χ1v) is 12.2. The van der Waals surface area contributed by atoms with Crippen LogP contribution in [0.15, 0.2) is 42.5 Å². The summed E-state index contributed by atoms with van der Waals surface area (Å²) in [6.07, 6.45) is 4.24. The summed E-state index contributed by atoms with van der Waals surface area (Å²) < 4.78 is 10.9.